The molecule has 1 aliphatic rings. The number of halogens is 1. The largest absolute Gasteiger partial charge is 0.274 e. The van der Waals surface area contributed by atoms with Crippen LogP contribution in [0.25, 0.3) is 0 Å². The van der Waals surface area contributed by atoms with Gasteiger partial charge in [-0.25, -0.2) is 9.88 Å². The molecule has 2 amide bonds. The lowest BCUT2D eigenvalue weighted by Crippen LogP contribution is -2.30. The van der Waals surface area contributed by atoms with Crippen molar-refractivity contribution in [3.8, 4) is 0 Å². The Balaban J connectivity index is 1.94. The molecule has 1 fully saturated rings. The SMILES string of the molecule is Cc1ccnc(N2C(=O)CC(c3ccc(Cl)cc3)C2=O)c1. The molecule has 1 saturated heterocycles. The van der Waals surface area contributed by atoms with Gasteiger partial charge in [0.25, 0.3) is 0 Å². The van der Waals surface area contributed by atoms with Crippen molar-refractivity contribution in [1.82, 2.24) is 4.98 Å². The third-order valence-corrected chi connectivity index (χ3v) is 3.80. The average molecular weight is 301 g/mol. The summed E-state index contributed by atoms with van der Waals surface area (Å²) in [5.74, 6) is -0.531. The predicted molar refractivity (Wildman–Crippen MR) is 80.3 cm³/mol. The fraction of sp³-hybridized carbons (Fsp3) is 0.188. The van der Waals surface area contributed by atoms with Gasteiger partial charge in [-0.2, -0.15) is 0 Å². The summed E-state index contributed by atoms with van der Waals surface area (Å²) in [6.45, 7) is 1.90. The van der Waals surface area contributed by atoms with Crippen molar-refractivity contribution >= 4 is 29.2 Å². The van der Waals surface area contributed by atoms with Gasteiger partial charge in [0.2, 0.25) is 11.8 Å². The summed E-state index contributed by atoms with van der Waals surface area (Å²) in [5.41, 5.74) is 1.75. The fourth-order valence-corrected chi connectivity index (χ4v) is 2.60. The Kier molecular flexibility index (Phi) is 3.47. The van der Waals surface area contributed by atoms with E-state index in [1.807, 2.05) is 13.0 Å². The number of carbonyl (C=O) groups is 2. The van der Waals surface area contributed by atoms with Gasteiger partial charge in [0.1, 0.15) is 5.82 Å². The van der Waals surface area contributed by atoms with Crippen molar-refractivity contribution in [2.24, 2.45) is 0 Å². The zero-order chi connectivity index (χ0) is 15.0. The van der Waals surface area contributed by atoms with E-state index in [0.717, 1.165) is 11.1 Å². The highest BCUT2D eigenvalue weighted by Gasteiger charge is 2.40. The number of benzene rings is 1. The van der Waals surface area contributed by atoms with Crippen molar-refractivity contribution in [3.05, 3.63) is 58.7 Å². The van der Waals surface area contributed by atoms with Crippen LogP contribution in [0.1, 0.15) is 23.5 Å². The Bertz CT molecular complexity index is 712. The number of amides is 2. The lowest BCUT2D eigenvalue weighted by atomic mass is 9.98. The number of nitrogens with zero attached hydrogens (tertiary/aromatic N) is 2. The minimum atomic E-state index is -0.461. The quantitative estimate of drug-likeness (QED) is 0.801. The summed E-state index contributed by atoms with van der Waals surface area (Å²) in [7, 11) is 0. The first kappa shape index (κ1) is 13.8. The summed E-state index contributed by atoms with van der Waals surface area (Å²) in [6, 6.07) is 10.6. The standard InChI is InChI=1S/C16H13ClN2O2/c1-10-6-7-18-14(8-10)19-15(20)9-13(16(19)21)11-2-4-12(17)5-3-11/h2-8,13H,9H2,1H3. The second-order valence-electron chi connectivity index (χ2n) is 5.07. The van der Waals surface area contributed by atoms with Crippen LogP contribution in [0.2, 0.25) is 5.02 Å². The van der Waals surface area contributed by atoms with Crippen LogP contribution in [0.3, 0.4) is 0 Å². The second kappa shape index (κ2) is 5.30. The number of aryl methyl sites for hydroxylation is 1. The number of pyridine rings is 1. The van der Waals surface area contributed by atoms with Gasteiger partial charge in [0.05, 0.1) is 5.92 Å². The normalized spacial score (nSPS) is 18.4. The van der Waals surface area contributed by atoms with Gasteiger partial charge < -0.3 is 0 Å². The second-order valence-corrected chi connectivity index (χ2v) is 5.50. The van der Waals surface area contributed by atoms with E-state index in [2.05, 4.69) is 4.98 Å². The van der Waals surface area contributed by atoms with Crippen LogP contribution in [-0.2, 0) is 9.59 Å². The molecule has 1 aromatic heterocycles. The highest BCUT2D eigenvalue weighted by Crippen LogP contribution is 2.32. The van der Waals surface area contributed by atoms with Crippen LogP contribution in [0, 0.1) is 6.92 Å². The molecule has 1 aromatic carbocycles. The lowest BCUT2D eigenvalue weighted by molar-refractivity contribution is -0.121. The van der Waals surface area contributed by atoms with Gasteiger partial charge >= 0.3 is 0 Å². The predicted octanol–water partition coefficient (Wildman–Crippen LogP) is 3.09. The molecule has 4 nitrogen and oxygen atoms in total. The summed E-state index contributed by atoms with van der Waals surface area (Å²) < 4.78 is 0. The minimum Gasteiger partial charge on any atom is -0.274 e. The Morgan fingerprint density at radius 3 is 2.57 bits per heavy atom. The van der Waals surface area contributed by atoms with E-state index in [9.17, 15) is 9.59 Å². The zero-order valence-electron chi connectivity index (χ0n) is 11.4. The van der Waals surface area contributed by atoms with Crippen LogP contribution in [-0.4, -0.2) is 16.8 Å². The van der Waals surface area contributed by atoms with Crippen LogP contribution in [0.4, 0.5) is 5.82 Å². The first-order valence-corrected chi connectivity index (χ1v) is 6.99. The number of carbonyl (C=O) groups excluding carboxylic acids is 2. The van der Waals surface area contributed by atoms with Crippen molar-refractivity contribution in [2.45, 2.75) is 19.3 Å². The molecule has 0 aliphatic carbocycles. The Morgan fingerprint density at radius 2 is 1.90 bits per heavy atom. The monoisotopic (exact) mass is 300 g/mol. The fourth-order valence-electron chi connectivity index (χ4n) is 2.47. The van der Waals surface area contributed by atoms with E-state index >= 15 is 0 Å². The van der Waals surface area contributed by atoms with Crippen LogP contribution < -0.4 is 4.90 Å². The molecule has 1 aliphatic heterocycles. The van der Waals surface area contributed by atoms with Crippen LogP contribution in [0.5, 0.6) is 0 Å². The molecule has 1 atom stereocenters. The van der Waals surface area contributed by atoms with E-state index in [4.69, 9.17) is 11.6 Å². The van der Waals surface area contributed by atoms with Gasteiger partial charge in [0, 0.05) is 17.6 Å². The van der Waals surface area contributed by atoms with E-state index in [0.29, 0.717) is 10.8 Å². The third-order valence-electron chi connectivity index (χ3n) is 3.55. The van der Waals surface area contributed by atoms with Crippen molar-refractivity contribution in [3.63, 3.8) is 0 Å². The van der Waals surface area contributed by atoms with E-state index in [1.54, 1.807) is 36.5 Å². The number of anilines is 1. The minimum absolute atomic E-state index is 0.163. The number of aromatic nitrogens is 1. The Hall–Kier alpha value is -2.20. The molecule has 1 unspecified atom stereocenters. The molecule has 21 heavy (non-hydrogen) atoms. The molecule has 2 heterocycles. The molecular formula is C16H13ClN2O2. The van der Waals surface area contributed by atoms with Crippen LogP contribution in [0.15, 0.2) is 42.6 Å². The molecule has 2 aromatic rings. The van der Waals surface area contributed by atoms with Gasteiger partial charge in [-0.05, 0) is 42.3 Å². The molecule has 106 valence electrons. The van der Waals surface area contributed by atoms with Crippen LogP contribution >= 0.6 is 11.6 Å². The molecule has 0 N–H and O–H groups in total. The van der Waals surface area contributed by atoms with Gasteiger partial charge in [-0.3, -0.25) is 9.59 Å². The summed E-state index contributed by atoms with van der Waals surface area (Å²) in [5, 5.41) is 0.604. The molecule has 0 spiro atoms. The Morgan fingerprint density at radius 1 is 1.19 bits per heavy atom. The summed E-state index contributed by atoms with van der Waals surface area (Å²) in [6.07, 6.45) is 1.76. The maximum absolute atomic E-state index is 12.5. The first-order valence-electron chi connectivity index (χ1n) is 6.61. The number of rotatable bonds is 2. The highest BCUT2D eigenvalue weighted by atomic mass is 35.5. The number of imide groups is 1. The molecule has 3 rings (SSSR count). The number of hydrogen-bond donors (Lipinski definition) is 0. The first-order chi connectivity index (χ1) is 10.1. The van der Waals surface area contributed by atoms with Gasteiger partial charge in [0.15, 0.2) is 0 Å². The molecular weight excluding hydrogens is 288 g/mol. The van der Waals surface area contributed by atoms with E-state index in [-0.39, 0.29) is 18.2 Å². The zero-order valence-corrected chi connectivity index (χ0v) is 12.2. The highest BCUT2D eigenvalue weighted by molar-refractivity contribution is 6.30. The summed E-state index contributed by atoms with van der Waals surface area (Å²) in [4.78, 5) is 30.0. The smallest absolute Gasteiger partial charge is 0.243 e. The topological polar surface area (TPSA) is 50.3 Å². The third kappa shape index (κ3) is 2.54. The lowest BCUT2D eigenvalue weighted by Gasteiger charge is -2.14. The van der Waals surface area contributed by atoms with Crippen molar-refractivity contribution < 1.29 is 9.59 Å². The molecule has 5 heteroatoms. The van der Waals surface area contributed by atoms with E-state index < -0.39 is 5.92 Å². The molecule has 0 bridgehead atoms. The summed E-state index contributed by atoms with van der Waals surface area (Å²) >= 11 is 5.85. The Labute approximate surface area is 127 Å². The van der Waals surface area contributed by atoms with Crippen molar-refractivity contribution in [2.75, 3.05) is 4.90 Å². The van der Waals surface area contributed by atoms with Gasteiger partial charge in [-0.1, -0.05) is 23.7 Å². The molecule has 0 radical (unpaired) electrons. The maximum Gasteiger partial charge on any atom is 0.243 e. The number of hydrogen-bond acceptors (Lipinski definition) is 3. The average Bonchev–Trinajstić information content (AvgIpc) is 2.75. The van der Waals surface area contributed by atoms with Crippen molar-refractivity contribution in [1.29, 1.82) is 0 Å². The molecule has 0 saturated carbocycles. The van der Waals surface area contributed by atoms with Gasteiger partial charge in [-0.15, -0.1) is 0 Å². The van der Waals surface area contributed by atoms with E-state index in [1.165, 1.54) is 4.90 Å². The maximum atomic E-state index is 12.5.